The second-order valence-corrected chi connectivity index (χ2v) is 4.67. The Bertz CT molecular complexity index is 438. The number of carbonyl (C=O) groups is 1. The van der Waals surface area contributed by atoms with Crippen LogP contribution < -0.4 is 11.1 Å². The number of para-hydroxylation sites is 1. The van der Waals surface area contributed by atoms with E-state index in [1.54, 1.807) is 23.1 Å². The quantitative estimate of drug-likeness (QED) is 0.845. The molecule has 2 atom stereocenters. The highest BCUT2D eigenvalue weighted by atomic mass is 19.1. The van der Waals surface area contributed by atoms with Crippen LogP contribution in [-0.2, 0) is 0 Å². The standard InChI is InChI=1S/C13H18FN3O/c1-9-6-7-17(12(9)8-15)13(18)16-11-5-3-2-4-10(11)14/h2-5,9,12H,6-8,15H2,1H3,(H,16,18). The second-order valence-electron chi connectivity index (χ2n) is 4.67. The maximum absolute atomic E-state index is 13.4. The summed E-state index contributed by atoms with van der Waals surface area (Å²) in [7, 11) is 0. The highest BCUT2D eigenvalue weighted by Gasteiger charge is 2.33. The van der Waals surface area contributed by atoms with Gasteiger partial charge >= 0.3 is 6.03 Å². The number of benzene rings is 1. The molecule has 2 rings (SSSR count). The van der Waals surface area contributed by atoms with E-state index in [1.807, 2.05) is 0 Å². The van der Waals surface area contributed by atoms with Crippen molar-refractivity contribution in [2.45, 2.75) is 19.4 Å². The number of nitrogens with two attached hydrogens (primary N) is 1. The van der Waals surface area contributed by atoms with Gasteiger partial charge in [-0.25, -0.2) is 9.18 Å². The third-order valence-corrected chi connectivity index (χ3v) is 3.50. The summed E-state index contributed by atoms with van der Waals surface area (Å²) in [6.07, 6.45) is 0.937. The molecule has 5 heteroatoms. The van der Waals surface area contributed by atoms with Crippen LogP contribution in [0.15, 0.2) is 24.3 Å². The molecular weight excluding hydrogens is 233 g/mol. The van der Waals surface area contributed by atoms with Crippen LogP contribution in [0.25, 0.3) is 0 Å². The Labute approximate surface area is 106 Å². The van der Waals surface area contributed by atoms with Crippen molar-refractivity contribution in [1.29, 1.82) is 0 Å². The van der Waals surface area contributed by atoms with Crippen LogP contribution in [0.5, 0.6) is 0 Å². The molecule has 2 amide bonds. The molecule has 0 aliphatic carbocycles. The van der Waals surface area contributed by atoms with Gasteiger partial charge in [-0.3, -0.25) is 0 Å². The highest BCUT2D eigenvalue weighted by molar-refractivity contribution is 5.89. The van der Waals surface area contributed by atoms with E-state index < -0.39 is 5.82 Å². The molecule has 1 aliphatic heterocycles. The molecule has 1 aromatic carbocycles. The Morgan fingerprint density at radius 1 is 1.56 bits per heavy atom. The molecule has 98 valence electrons. The van der Waals surface area contributed by atoms with Gasteiger partial charge in [0.15, 0.2) is 0 Å². The summed E-state index contributed by atoms with van der Waals surface area (Å²) in [6, 6.07) is 5.90. The van der Waals surface area contributed by atoms with E-state index in [4.69, 9.17) is 5.73 Å². The molecule has 4 nitrogen and oxygen atoms in total. The first kappa shape index (κ1) is 12.8. The molecule has 0 bridgehead atoms. The molecule has 1 heterocycles. The third kappa shape index (κ3) is 2.46. The van der Waals surface area contributed by atoms with Crippen molar-refractivity contribution in [3.63, 3.8) is 0 Å². The van der Waals surface area contributed by atoms with Crippen LogP contribution in [-0.4, -0.2) is 30.1 Å². The summed E-state index contributed by atoms with van der Waals surface area (Å²) in [6.45, 7) is 3.18. The van der Waals surface area contributed by atoms with E-state index in [-0.39, 0.29) is 17.8 Å². The predicted molar refractivity (Wildman–Crippen MR) is 68.7 cm³/mol. The van der Waals surface area contributed by atoms with Gasteiger partial charge in [-0.05, 0) is 24.5 Å². The van der Waals surface area contributed by atoms with Crippen LogP contribution in [0.3, 0.4) is 0 Å². The van der Waals surface area contributed by atoms with Gasteiger partial charge in [-0.15, -0.1) is 0 Å². The number of nitrogens with one attached hydrogen (secondary N) is 1. The normalized spacial score (nSPS) is 23.2. The fourth-order valence-electron chi connectivity index (χ4n) is 2.37. The molecule has 2 unspecified atom stereocenters. The van der Waals surface area contributed by atoms with E-state index in [2.05, 4.69) is 12.2 Å². The highest BCUT2D eigenvalue weighted by Crippen LogP contribution is 2.24. The first-order valence-corrected chi connectivity index (χ1v) is 6.15. The van der Waals surface area contributed by atoms with Crippen molar-refractivity contribution < 1.29 is 9.18 Å². The zero-order chi connectivity index (χ0) is 13.1. The summed E-state index contributed by atoms with van der Waals surface area (Å²) >= 11 is 0. The number of urea groups is 1. The minimum absolute atomic E-state index is 0.0387. The lowest BCUT2D eigenvalue weighted by Gasteiger charge is -2.26. The van der Waals surface area contributed by atoms with E-state index in [9.17, 15) is 9.18 Å². The van der Waals surface area contributed by atoms with Crippen LogP contribution in [0.2, 0.25) is 0 Å². The van der Waals surface area contributed by atoms with E-state index >= 15 is 0 Å². The van der Waals surface area contributed by atoms with Gasteiger partial charge in [0, 0.05) is 19.1 Å². The summed E-state index contributed by atoms with van der Waals surface area (Å²) in [5.74, 6) is -0.0382. The van der Waals surface area contributed by atoms with Crippen molar-refractivity contribution in [3.8, 4) is 0 Å². The number of hydrogen-bond acceptors (Lipinski definition) is 2. The Hall–Kier alpha value is -1.62. The molecule has 1 aromatic rings. The van der Waals surface area contributed by atoms with Crippen LogP contribution >= 0.6 is 0 Å². The number of amides is 2. The van der Waals surface area contributed by atoms with Gasteiger partial charge in [0.2, 0.25) is 0 Å². The monoisotopic (exact) mass is 251 g/mol. The third-order valence-electron chi connectivity index (χ3n) is 3.50. The minimum atomic E-state index is -0.428. The van der Waals surface area contributed by atoms with Gasteiger partial charge in [0.05, 0.1) is 5.69 Å². The van der Waals surface area contributed by atoms with E-state index in [0.29, 0.717) is 19.0 Å². The molecule has 3 N–H and O–H groups in total. The molecule has 1 saturated heterocycles. The molecule has 1 aliphatic rings. The fourth-order valence-corrected chi connectivity index (χ4v) is 2.37. The van der Waals surface area contributed by atoms with Gasteiger partial charge < -0.3 is 16.0 Å². The number of halogens is 1. The smallest absolute Gasteiger partial charge is 0.322 e. The summed E-state index contributed by atoms with van der Waals surface area (Å²) in [4.78, 5) is 13.8. The first-order chi connectivity index (χ1) is 8.63. The van der Waals surface area contributed by atoms with Crippen LogP contribution in [0, 0.1) is 11.7 Å². The predicted octanol–water partition coefficient (Wildman–Crippen LogP) is 2.03. The zero-order valence-electron chi connectivity index (χ0n) is 10.4. The number of rotatable bonds is 2. The second kappa shape index (κ2) is 5.35. The van der Waals surface area contributed by atoms with Crippen LogP contribution in [0.1, 0.15) is 13.3 Å². The molecule has 0 aromatic heterocycles. The Kier molecular flexibility index (Phi) is 3.81. The lowest BCUT2D eigenvalue weighted by molar-refractivity contribution is 0.202. The largest absolute Gasteiger partial charge is 0.328 e. The molecule has 0 spiro atoms. The van der Waals surface area contributed by atoms with Gasteiger partial charge in [0.25, 0.3) is 0 Å². The molecule has 0 saturated carbocycles. The van der Waals surface area contributed by atoms with Gasteiger partial charge in [0.1, 0.15) is 5.82 Å². The number of hydrogen-bond donors (Lipinski definition) is 2. The Balaban J connectivity index is 2.07. The van der Waals surface area contributed by atoms with Crippen molar-refractivity contribution in [1.82, 2.24) is 4.90 Å². The Morgan fingerprint density at radius 3 is 2.94 bits per heavy atom. The maximum Gasteiger partial charge on any atom is 0.322 e. The lowest BCUT2D eigenvalue weighted by atomic mass is 10.0. The number of anilines is 1. The van der Waals surface area contributed by atoms with Gasteiger partial charge in [-0.1, -0.05) is 19.1 Å². The fraction of sp³-hybridized carbons (Fsp3) is 0.462. The maximum atomic E-state index is 13.4. The number of likely N-dealkylation sites (tertiary alicyclic amines) is 1. The zero-order valence-corrected chi connectivity index (χ0v) is 10.4. The lowest BCUT2D eigenvalue weighted by Crippen LogP contribution is -2.44. The molecule has 1 fully saturated rings. The van der Waals surface area contributed by atoms with Crippen LogP contribution in [0.4, 0.5) is 14.9 Å². The summed E-state index contributed by atoms with van der Waals surface area (Å²) in [5, 5.41) is 2.59. The van der Waals surface area contributed by atoms with Crippen molar-refractivity contribution in [2.24, 2.45) is 11.7 Å². The summed E-state index contributed by atoms with van der Waals surface area (Å²) in [5.41, 5.74) is 5.89. The number of nitrogens with zero attached hydrogens (tertiary/aromatic N) is 1. The van der Waals surface area contributed by atoms with Crippen molar-refractivity contribution >= 4 is 11.7 Å². The molecular formula is C13H18FN3O. The Morgan fingerprint density at radius 2 is 2.28 bits per heavy atom. The van der Waals surface area contributed by atoms with E-state index in [0.717, 1.165) is 6.42 Å². The van der Waals surface area contributed by atoms with Gasteiger partial charge in [-0.2, -0.15) is 0 Å². The summed E-state index contributed by atoms with van der Waals surface area (Å²) < 4.78 is 13.4. The first-order valence-electron chi connectivity index (χ1n) is 6.15. The molecule has 0 radical (unpaired) electrons. The topological polar surface area (TPSA) is 58.4 Å². The SMILES string of the molecule is CC1CCN(C(=O)Nc2ccccc2F)C1CN. The van der Waals surface area contributed by atoms with Crippen molar-refractivity contribution in [3.05, 3.63) is 30.1 Å². The van der Waals surface area contributed by atoms with E-state index in [1.165, 1.54) is 6.07 Å². The molecule has 18 heavy (non-hydrogen) atoms. The average molecular weight is 251 g/mol. The number of carbonyl (C=O) groups excluding carboxylic acids is 1. The van der Waals surface area contributed by atoms with Crippen molar-refractivity contribution in [2.75, 3.05) is 18.4 Å². The minimum Gasteiger partial charge on any atom is -0.328 e. The average Bonchev–Trinajstić information content (AvgIpc) is 2.73.